The van der Waals surface area contributed by atoms with Gasteiger partial charge in [-0.2, -0.15) is 0 Å². The van der Waals surface area contributed by atoms with E-state index in [1.807, 2.05) is 0 Å². The van der Waals surface area contributed by atoms with E-state index >= 15 is 0 Å². The fourth-order valence-electron chi connectivity index (χ4n) is 3.14. The maximum Gasteiger partial charge on any atom is 0.132 e. The molecule has 0 radical (unpaired) electrons. The minimum atomic E-state index is 0.506. The van der Waals surface area contributed by atoms with E-state index in [1.165, 1.54) is 25.7 Å². The zero-order valence-electron chi connectivity index (χ0n) is 7.94. The van der Waals surface area contributed by atoms with Crippen molar-refractivity contribution in [1.29, 1.82) is 0 Å². The van der Waals surface area contributed by atoms with Gasteiger partial charge >= 0.3 is 0 Å². The van der Waals surface area contributed by atoms with Crippen LogP contribution >= 0.6 is 0 Å². The molecule has 12 heavy (non-hydrogen) atoms. The van der Waals surface area contributed by atoms with Crippen LogP contribution in [0.25, 0.3) is 0 Å². The Hall–Kier alpha value is -0.330. The first-order valence-electron chi connectivity index (χ1n) is 5.22. The Labute approximate surface area is 74.5 Å². The van der Waals surface area contributed by atoms with Gasteiger partial charge in [-0.1, -0.05) is 6.92 Å². The predicted molar refractivity (Wildman–Crippen MR) is 48.9 cm³/mol. The number of Topliss-reactive ketones (excluding diaryl/α,β-unsaturated/α-hetero) is 1. The highest BCUT2D eigenvalue weighted by molar-refractivity contribution is 5.78. The quantitative estimate of drug-likeness (QED) is 0.540. The van der Waals surface area contributed by atoms with E-state index in [-0.39, 0.29) is 0 Å². The van der Waals surface area contributed by atoms with E-state index in [1.54, 1.807) is 0 Å². The molecular formula is C11H18O. The summed E-state index contributed by atoms with van der Waals surface area (Å²) in [6.07, 6.45) is 8.17. The van der Waals surface area contributed by atoms with Gasteiger partial charge in [0, 0.05) is 12.8 Å². The number of ketones is 1. The molecule has 0 aliphatic heterocycles. The summed E-state index contributed by atoms with van der Waals surface area (Å²) in [7, 11) is 0. The van der Waals surface area contributed by atoms with Crippen LogP contribution in [0.5, 0.6) is 0 Å². The molecule has 0 bridgehead atoms. The van der Waals surface area contributed by atoms with Crippen LogP contribution in [-0.4, -0.2) is 5.78 Å². The van der Waals surface area contributed by atoms with Crippen molar-refractivity contribution in [2.45, 2.75) is 51.9 Å². The monoisotopic (exact) mass is 166 g/mol. The molecule has 0 saturated heterocycles. The lowest BCUT2D eigenvalue weighted by molar-refractivity contribution is -0.119. The second kappa shape index (κ2) is 2.86. The highest BCUT2D eigenvalue weighted by atomic mass is 16.1. The number of rotatable bonds is 0. The van der Waals surface area contributed by atoms with Crippen molar-refractivity contribution in [1.82, 2.24) is 0 Å². The topological polar surface area (TPSA) is 17.1 Å². The zero-order chi connectivity index (χ0) is 8.60. The molecule has 2 aliphatic carbocycles. The number of carbonyl (C=O) groups excluding carboxylic acids is 1. The van der Waals surface area contributed by atoms with Crippen molar-refractivity contribution >= 4 is 5.78 Å². The predicted octanol–water partition coefficient (Wildman–Crippen LogP) is 2.94. The Bertz CT molecular complexity index is 189. The second-order valence-corrected chi connectivity index (χ2v) is 4.91. The van der Waals surface area contributed by atoms with Crippen LogP contribution in [0.1, 0.15) is 51.9 Å². The van der Waals surface area contributed by atoms with Gasteiger partial charge in [0.1, 0.15) is 5.78 Å². The first-order valence-corrected chi connectivity index (χ1v) is 5.22. The van der Waals surface area contributed by atoms with Crippen LogP contribution in [0.2, 0.25) is 0 Å². The summed E-state index contributed by atoms with van der Waals surface area (Å²) >= 11 is 0. The Morgan fingerprint density at radius 3 is 2.67 bits per heavy atom. The van der Waals surface area contributed by atoms with Gasteiger partial charge in [0.05, 0.1) is 0 Å². The molecule has 0 N–H and O–H groups in total. The summed E-state index contributed by atoms with van der Waals surface area (Å²) in [5.41, 5.74) is 0.617. The highest BCUT2D eigenvalue weighted by Gasteiger charge is 2.42. The standard InChI is InChI=1S/C11H18O/c1-9-7-11(8-9)5-2-3-10(12)4-6-11/h9H,2-8H2,1H3. The molecular weight excluding hydrogens is 148 g/mol. The van der Waals surface area contributed by atoms with E-state index in [9.17, 15) is 4.79 Å². The molecule has 0 aromatic carbocycles. The van der Waals surface area contributed by atoms with E-state index in [2.05, 4.69) is 6.92 Å². The van der Waals surface area contributed by atoms with Gasteiger partial charge in [-0.25, -0.2) is 0 Å². The minimum absolute atomic E-state index is 0.506. The molecule has 68 valence electrons. The van der Waals surface area contributed by atoms with Gasteiger partial charge in [-0.3, -0.25) is 4.79 Å². The fraction of sp³-hybridized carbons (Fsp3) is 0.909. The number of hydrogen-bond donors (Lipinski definition) is 0. The van der Waals surface area contributed by atoms with Gasteiger partial charge < -0.3 is 0 Å². The SMILES string of the molecule is CC1CC2(CCCC(=O)CC2)C1. The van der Waals surface area contributed by atoms with Crippen LogP contribution in [0.4, 0.5) is 0 Å². The molecule has 0 atom stereocenters. The molecule has 2 fully saturated rings. The Morgan fingerprint density at radius 2 is 2.00 bits per heavy atom. The van der Waals surface area contributed by atoms with E-state index < -0.39 is 0 Å². The Balaban J connectivity index is 1.95. The van der Waals surface area contributed by atoms with Gasteiger partial charge in [0.25, 0.3) is 0 Å². The minimum Gasteiger partial charge on any atom is -0.300 e. The Kier molecular flexibility index (Phi) is 1.97. The van der Waals surface area contributed by atoms with Crippen molar-refractivity contribution < 1.29 is 4.79 Å². The molecule has 1 nitrogen and oxygen atoms in total. The zero-order valence-corrected chi connectivity index (χ0v) is 7.94. The first kappa shape index (κ1) is 8.28. The smallest absolute Gasteiger partial charge is 0.132 e. The maximum absolute atomic E-state index is 11.2. The average Bonchev–Trinajstić information content (AvgIpc) is 2.12. The van der Waals surface area contributed by atoms with E-state index in [0.717, 1.165) is 25.2 Å². The van der Waals surface area contributed by atoms with Crippen LogP contribution < -0.4 is 0 Å². The summed E-state index contributed by atoms with van der Waals surface area (Å²) in [6.45, 7) is 2.33. The summed E-state index contributed by atoms with van der Waals surface area (Å²) in [5, 5.41) is 0. The molecule has 1 spiro atoms. The third kappa shape index (κ3) is 1.41. The van der Waals surface area contributed by atoms with Crippen molar-refractivity contribution in [3.63, 3.8) is 0 Å². The molecule has 2 saturated carbocycles. The van der Waals surface area contributed by atoms with Gasteiger partial charge in [-0.15, -0.1) is 0 Å². The highest BCUT2D eigenvalue weighted by Crippen LogP contribution is 2.53. The van der Waals surface area contributed by atoms with Crippen LogP contribution in [-0.2, 0) is 4.79 Å². The third-order valence-corrected chi connectivity index (χ3v) is 3.66. The summed E-state index contributed by atoms with van der Waals surface area (Å²) in [5.74, 6) is 1.43. The van der Waals surface area contributed by atoms with E-state index in [0.29, 0.717) is 11.2 Å². The van der Waals surface area contributed by atoms with Crippen molar-refractivity contribution in [2.24, 2.45) is 11.3 Å². The number of carbonyl (C=O) groups is 1. The lowest BCUT2D eigenvalue weighted by Gasteiger charge is -2.46. The summed E-state index contributed by atoms with van der Waals surface area (Å²) in [6, 6.07) is 0. The van der Waals surface area contributed by atoms with Crippen LogP contribution in [0, 0.1) is 11.3 Å². The maximum atomic E-state index is 11.2. The van der Waals surface area contributed by atoms with Crippen molar-refractivity contribution in [2.75, 3.05) is 0 Å². The molecule has 0 amide bonds. The van der Waals surface area contributed by atoms with Crippen molar-refractivity contribution in [3.05, 3.63) is 0 Å². The van der Waals surface area contributed by atoms with Crippen molar-refractivity contribution in [3.8, 4) is 0 Å². The third-order valence-electron chi connectivity index (χ3n) is 3.66. The van der Waals surface area contributed by atoms with E-state index in [4.69, 9.17) is 0 Å². The number of hydrogen-bond acceptors (Lipinski definition) is 1. The second-order valence-electron chi connectivity index (χ2n) is 4.91. The molecule has 0 unspecified atom stereocenters. The largest absolute Gasteiger partial charge is 0.300 e. The Morgan fingerprint density at radius 1 is 1.25 bits per heavy atom. The van der Waals surface area contributed by atoms with Gasteiger partial charge in [-0.05, 0) is 43.4 Å². The normalized spacial score (nSPS) is 42.4. The molecule has 0 aromatic heterocycles. The van der Waals surface area contributed by atoms with Crippen LogP contribution in [0.3, 0.4) is 0 Å². The summed E-state index contributed by atoms with van der Waals surface area (Å²) in [4.78, 5) is 11.2. The lowest BCUT2D eigenvalue weighted by atomic mass is 9.59. The molecule has 0 aromatic rings. The molecule has 0 heterocycles. The first-order chi connectivity index (χ1) is 5.70. The van der Waals surface area contributed by atoms with Gasteiger partial charge in [0.2, 0.25) is 0 Å². The average molecular weight is 166 g/mol. The summed E-state index contributed by atoms with van der Waals surface area (Å²) < 4.78 is 0. The molecule has 2 aliphatic rings. The fourth-order valence-corrected chi connectivity index (χ4v) is 3.14. The lowest BCUT2D eigenvalue weighted by Crippen LogP contribution is -2.35. The van der Waals surface area contributed by atoms with Crippen LogP contribution in [0.15, 0.2) is 0 Å². The molecule has 2 rings (SSSR count). The molecule has 1 heteroatoms. The van der Waals surface area contributed by atoms with Gasteiger partial charge in [0.15, 0.2) is 0 Å².